The smallest absolute Gasteiger partial charge is 0.326 e. The number of carbonyl (C=O) groups excluding carboxylic acids is 1. The molecule has 0 aliphatic rings. The third kappa shape index (κ3) is 5.70. The molecule has 7 heteroatoms. The van der Waals surface area contributed by atoms with Gasteiger partial charge in [0.15, 0.2) is 11.5 Å². The zero-order valence-electron chi connectivity index (χ0n) is 11.9. The van der Waals surface area contributed by atoms with Crippen LogP contribution in [0, 0.1) is 0 Å². The number of rotatable bonds is 7. The third-order valence-corrected chi connectivity index (χ3v) is 2.66. The van der Waals surface area contributed by atoms with Crippen LogP contribution in [0.4, 0.5) is 0 Å². The number of carboxylic acids is 1. The monoisotopic (exact) mass is 297 g/mol. The quantitative estimate of drug-likeness (QED) is 0.549. The number of carboxylic acid groups (broad SMARTS) is 1. The number of phenols is 2. The molecule has 0 spiro atoms. The first-order valence-electron chi connectivity index (χ1n) is 6.44. The summed E-state index contributed by atoms with van der Waals surface area (Å²) < 4.78 is 5.09. The predicted octanol–water partition coefficient (Wildman–Crippen LogP) is 0.635. The molecule has 4 N–H and O–H groups in total. The molecular weight excluding hydrogens is 278 g/mol. The van der Waals surface area contributed by atoms with E-state index in [1.54, 1.807) is 13.8 Å². The molecule has 0 unspecified atom stereocenters. The standard InChI is InChI=1S/C14H19NO6/c1-8(2)21-7-13(18)15-10(14(19)20)5-9-3-4-11(16)12(17)6-9/h3-4,6,8,10,16-17H,5,7H2,1-2H3,(H,15,18)(H,19,20)/t10-/m0/s1. The number of carbonyl (C=O) groups is 2. The molecule has 0 bridgehead atoms. The minimum absolute atomic E-state index is 0.0173. The van der Waals surface area contributed by atoms with E-state index in [1.165, 1.54) is 18.2 Å². The second kappa shape index (κ2) is 7.49. The van der Waals surface area contributed by atoms with Gasteiger partial charge >= 0.3 is 5.97 Å². The van der Waals surface area contributed by atoms with E-state index in [2.05, 4.69) is 5.32 Å². The summed E-state index contributed by atoms with van der Waals surface area (Å²) in [5.41, 5.74) is 0.475. The highest BCUT2D eigenvalue weighted by atomic mass is 16.5. The Morgan fingerprint density at radius 1 is 1.24 bits per heavy atom. The van der Waals surface area contributed by atoms with E-state index in [0.717, 1.165) is 0 Å². The van der Waals surface area contributed by atoms with Crippen LogP contribution in [-0.4, -0.2) is 45.9 Å². The second-order valence-electron chi connectivity index (χ2n) is 4.85. The summed E-state index contributed by atoms with van der Waals surface area (Å²) in [5, 5.41) is 30.0. The lowest BCUT2D eigenvalue weighted by Gasteiger charge is -2.15. The van der Waals surface area contributed by atoms with Gasteiger partial charge in [0.2, 0.25) is 5.91 Å². The Labute approximate surface area is 122 Å². The SMILES string of the molecule is CC(C)OCC(=O)N[C@@H](Cc1ccc(O)c(O)c1)C(=O)O. The average Bonchev–Trinajstić information content (AvgIpc) is 2.39. The van der Waals surface area contributed by atoms with Crippen molar-refractivity contribution in [3.8, 4) is 11.5 Å². The van der Waals surface area contributed by atoms with E-state index in [9.17, 15) is 19.8 Å². The van der Waals surface area contributed by atoms with Crippen LogP contribution in [0.25, 0.3) is 0 Å². The van der Waals surface area contributed by atoms with E-state index >= 15 is 0 Å². The number of phenolic OH excluding ortho intramolecular Hbond substituents is 2. The highest BCUT2D eigenvalue weighted by Crippen LogP contribution is 2.25. The van der Waals surface area contributed by atoms with Crippen LogP contribution in [0.2, 0.25) is 0 Å². The molecule has 116 valence electrons. The van der Waals surface area contributed by atoms with Gasteiger partial charge in [-0.2, -0.15) is 0 Å². The van der Waals surface area contributed by atoms with E-state index in [0.29, 0.717) is 5.56 Å². The second-order valence-corrected chi connectivity index (χ2v) is 4.85. The molecule has 0 saturated heterocycles. The lowest BCUT2D eigenvalue weighted by atomic mass is 10.1. The Morgan fingerprint density at radius 3 is 2.43 bits per heavy atom. The van der Waals surface area contributed by atoms with E-state index in [4.69, 9.17) is 9.84 Å². The van der Waals surface area contributed by atoms with Crippen molar-refractivity contribution in [2.24, 2.45) is 0 Å². The van der Waals surface area contributed by atoms with Crippen LogP contribution in [0.5, 0.6) is 11.5 Å². The topological polar surface area (TPSA) is 116 Å². The first-order chi connectivity index (χ1) is 9.79. The first-order valence-corrected chi connectivity index (χ1v) is 6.44. The van der Waals surface area contributed by atoms with Crippen molar-refractivity contribution in [2.75, 3.05) is 6.61 Å². The zero-order chi connectivity index (χ0) is 16.0. The summed E-state index contributed by atoms with van der Waals surface area (Å²) in [6.45, 7) is 3.31. The summed E-state index contributed by atoms with van der Waals surface area (Å²) in [5.74, 6) is -2.36. The summed E-state index contributed by atoms with van der Waals surface area (Å²) in [6.07, 6.45) is -0.149. The molecule has 0 fully saturated rings. The minimum atomic E-state index is -1.19. The Kier molecular flexibility index (Phi) is 5.98. The van der Waals surface area contributed by atoms with Crippen molar-refractivity contribution in [1.82, 2.24) is 5.32 Å². The van der Waals surface area contributed by atoms with Crippen LogP contribution >= 0.6 is 0 Å². The number of nitrogens with one attached hydrogen (secondary N) is 1. The van der Waals surface area contributed by atoms with Gasteiger partial charge in [-0.15, -0.1) is 0 Å². The van der Waals surface area contributed by atoms with E-state index in [-0.39, 0.29) is 30.6 Å². The normalized spacial score (nSPS) is 12.1. The Balaban J connectivity index is 2.67. The molecule has 0 radical (unpaired) electrons. The Hall–Kier alpha value is -2.28. The van der Waals surface area contributed by atoms with E-state index in [1.807, 2.05) is 0 Å². The third-order valence-electron chi connectivity index (χ3n) is 2.66. The molecule has 1 amide bonds. The van der Waals surface area contributed by atoms with Crippen molar-refractivity contribution in [1.29, 1.82) is 0 Å². The maximum atomic E-state index is 11.6. The lowest BCUT2D eigenvalue weighted by Crippen LogP contribution is -2.44. The lowest BCUT2D eigenvalue weighted by molar-refractivity contribution is -0.142. The van der Waals surface area contributed by atoms with Crippen LogP contribution < -0.4 is 5.32 Å². The molecular formula is C14H19NO6. The molecule has 0 heterocycles. The fourth-order valence-electron chi connectivity index (χ4n) is 1.61. The number of aromatic hydroxyl groups is 2. The first kappa shape index (κ1) is 16.8. The maximum Gasteiger partial charge on any atom is 0.326 e. The van der Waals surface area contributed by atoms with Gasteiger partial charge in [0.05, 0.1) is 6.10 Å². The van der Waals surface area contributed by atoms with Gasteiger partial charge in [-0.1, -0.05) is 6.07 Å². The van der Waals surface area contributed by atoms with Gasteiger partial charge in [-0.3, -0.25) is 4.79 Å². The van der Waals surface area contributed by atoms with Crippen molar-refractivity contribution in [3.63, 3.8) is 0 Å². The number of amides is 1. The maximum absolute atomic E-state index is 11.6. The highest BCUT2D eigenvalue weighted by molar-refractivity contribution is 5.84. The number of hydrogen-bond donors (Lipinski definition) is 4. The van der Waals surface area contributed by atoms with Gasteiger partial charge in [-0.05, 0) is 31.5 Å². The summed E-state index contributed by atoms with van der Waals surface area (Å²) in [4.78, 5) is 22.7. The van der Waals surface area contributed by atoms with Crippen LogP contribution in [0.3, 0.4) is 0 Å². The molecule has 7 nitrogen and oxygen atoms in total. The Bertz CT molecular complexity index is 514. The largest absolute Gasteiger partial charge is 0.504 e. The van der Waals surface area contributed by atoms with Gasteiger partial charge in [0, 0.05) is 6.42 Å². The fraction of sp³-hybridized carbons (Fsp3) is 0.429. The summed E-state index contributed by atoms with van der Waals surface area (Å²) in [6, 6.07) is 2.84. The van der Waals surface area contributed by atoms with Crippen molar-refractivity contribution < 1.29 is 29.6 Å². The molecule has 1 atom stereocenters. The summed E-state index contributed by atoms with van der Waals surface area (Å²) in [7, 11) is 0. The van der Waals surface area contributed by atoms with Gasteiger partial charge in [0.1, 0.15) is 12.6 Å². The van der Waals surface area contributed by atoms with Crippen LogP contribution in [-0.2, 0) is 20.7 Å². The highest BCUT2D eigenvalue weighted by Gasteiger charge is 2.21. The number of aliphatic carboxylic acids is 1. The molecule has 0 aliphatic heterocycles. The zero-order valence-corrected chi connectivity index (χ0v) is 11.9. The van der Waals surface area contributed by atoms with Crippen molar-refractivity contribution in [2.45, 2.75) is 32.4 Å². The van der Waals surface area contributed by atoms with Crippen molar-refractivity contribution in [3.05, 3.63) is 23.8 Å². The van der Waals surface area contributed by atoms with Gasteiger partial charge in [-0.25, -0.2) is 4.79 Å². The molecule has 21 heavy (non-hydrogen) atoms. The molecule has 0 saturated carbocycles. The minimum Gasteiger partial charge on any atom is -0.504 e. The van der Waals surface area contributed by atoms with E-state index < -0.39 is 17.9 Å². The van der Waals surface area contributed by atoms with Crippen LogP contribution in [0.1, 0.15) is 19.4 Å². The van der Waals surface area contributed by atoms with Gasteiger partial charge in [0.25, 0.3) is 0 Å². The molecule has 1 aromatic carbocycles. The molecule has 1 aromatic rings. The molecule has 0 aromatic heterocycles. The summed E-state index contributed by atoms with van der Waals surface area (Å²) >= 11 is 0. The molecule has 1 rings (SSSR count). The van der Waals surface area contributed by atoms with Crippen LogP contribution in [0.15, 0.2) is 18.2 Å². The predicted molar refractivity (Wildman–Crippen MR) is 74.1 cm³/mol. The fourth-order valence-corrected chi connectivity index (χ4v) is 1.61. The number of ether oxygens (including phenoxy) is 1. The Morgan fingerprint density at radius 2 is 1.90 bits per heavy atom. The average molecular weight is 297 g/mol. The number of benzene rings is 1. The van der Waals surface area contributed by atoms with Crippen molar-refractivity contribution >= 4 is 11.9 Å². The molecule has 0 aliphatic carbocycles. The van der Waals surface area contributed by atoms with Gasteiger partial charge < -0.3 is 25.4 Å². The number of hydrogen-bond acceptors (Lipinski definition) is 5.